The minimum atomic E-state index is 0.774. The van der Waals surface area contributed by atoms with E-state index in [0.717, 1.165) is 24.0 Å². The van der Waals surface area contributed by atoms with Crippen LogP contribution in [0.4, 0.5) is 0 Å². The number of hydrogen-bond acceptors (Lipinski definition) is 3. The first-order valence-corrected chi connectivity index (χ1v) is 8.62. The van der Waals surface area contributed by atoms with Gasteiger partial charge in [-0.1, -0.05) is 12.1 Å². The number of nitrogens with one attached hydrogen (secondary N) is 1. The van der Waals surface area contributed by atoms with E-state index in [1.807, 2.05) is 19.2 Å². The van der Waals surface area contributed by atoms with E-state index in [4.69, 9.17) is 4.74 Å². The highest BCUT2D eigenvalue weighted by Crippen LogP contribution is 2.41. The summed E-state index contributed by atoms with van der Waals surface area (Å²) in [6, 6.07) is 14.9. The van der Waals surface area contributed by atoms with E-state index in [-0.39, 0.29) is 0 Å². The quantitative estimate of drug-likeness (QED) is 0.774. The van der Waals surface area contributed by atoms with Gasteiger partial charge in [0.2, 0.25) is 0 Å². The first-order valence-electron chi connectivity index (χ1n) is 7.39. The van der Waals surface area contributed by atoms with Crippen LogP contribution in [0.15, 0.2) is 47.4 Å². The van der Waals surface area contributed by atoms with Crippen molar-refractivity contribution in [1.82, 2.24) is 5.32 Å². The number of hydrogen-bond donors (Lipinski definition) is 1. The molecule has 0 aromatic heterocycles. The first kappa shape index (κ1) is 14.5. The third-order valence-electron chi connectivity index (χ3n) is 3.79. The van der Waals surface area contributed by atoms with Gasteiger partial charge < -0.3 is 10.1 Å². The van der Waals surface area contributed by atoms with Crippen LogP contribution in [-0.4, -0.2) is 13.3 Å². The summed E-state index contributed by atoms with van der Waals surface area (Å²) in [6.07, 6.45) is 4.74. The summed E-state index contributed by atoms with van der Waals surface area (Å²) in [4.78, 5) is 1.25. The number of ether oxygens (including phenoxy) is 1. The molecule has 1 N–H and O–H groups in total. The maximum Gasteiger partial charge on any atom is 0.131 e. The molecule has 1 aliphatic rings. The molecule has 0 amide bonds. The van der Waals surface area contributed by atoms with Gasteiger partial charge >= 0.3 is 0 Å². The molecule has 2 nitrogen and oxygen atoms in total. The summed E-state index contributed by atoms with van der Waals surface area (Å²) in [7, 11) is 1.97. The van der Waals surface area contributed by atoms with Crippen LogP contribution >= 0.6 is 11.8 Å². The molecule has 21 heavy (non-hydrogen) atoms. The predicted octanol–water partition coefficient (Wildman–Crippen LogP) is 4.80. The predicted molar refractivity (Wildman–Crippen MR) is 89.5 cm³/mol. The second-order valence-electron chi connectivity index (χ2n) is 5.45. The average Bonchev–Trinajstić information content (AvgIpc) is 3.35. The van der Waals surface area contributed by atoms with Crippen LogP contribution in [-0.2, 0) is 6.54 Å². The molecule has 0 unspecified atom stereocenters. The van der Waals surface area contributed by atoms with Crippen LogP contribution in [0.1, 0.15) is 29.9 Å². The normalized spacial score (nSPS) is 14.2. The molecule has 0 spiro atoms. The third-order valence-corrected chi connectivity index (χ3v) is 4.53. The molecule has 3 heteroatoms. The van der Waals surface area contributed by atoms with Crippen molar-refractivity contribution in [1.29, 1.82) is 0 Å². The fourth-order valence-corrected chi connectivity index (χ4v) is 2.88. The summed E-state index contributed by atoms with van der Waals surface area (Å²) in [5.74, 6) is 2.62. The third kappa shape index (κ3) is 3.60. The largest absolute Gasteiger partial charge is 0.457 e. The van der Waals surface area contributed by atoms with Crippen molar-refractivity contribution >= 4 is 11.8 Å². The second-order valence-corrected chi connectivity index (χ2v) is 6.33. The summed E-state index contributed by atoms with van der Waals surface area (Å²) >= 11 is 1.74. The van der Waals surface area contributed by atoms with Gasteiger partial charge in [0.25, 0.3) is 0 Å². The first-order chi connectivity index (χ1) is 10.3. The van der Waals surface area contributed by atoms with E-state index < -0.39 is 0 Å². The fourth-order valence-electron chi connectivity index (χ4n) is 2.47. The Morgan fingerprint density at radius 1 is 1.14 bits per heavy atom. The van der Waals surface area contributed by atoms with Crippen LogP contribution in [0.2, 0.25) is 0 Å². The van der Waals surface area contributed by atoms with Gasteiger partial charge in [0.05, 0.1) is 0 Å². The van der Waals surface area contributed by atoms with Crippen molar-refractivity contribution in [3.05, 3.63) is 53.6 Å². The lowest BCUT2D eigenvalue weighted by atomic mass is 10.1. The molecule has 3 rings (SSSR count). The molecule has 2 aromatic rings. The van der Waals surface area contributed by atoms with E-state index in [0.29, 0.717) is 0 Å². The van der Waals surface area contributed by atoms with Gasteiger partial charge in [-0.2, -0.15) is 0 Å². The van der Waals surface area contributed by atoms with Crippen LogP contribution in [0.5, 0.6) is 11.5 Å². The molecule has 1 aliphatic carbocycles. The lowest BCUT2D eigenvalue weighted by Crippen LogP contribution is -2.07. The van der Waals surface area contributed by atoms with Gasteiger partial charge in [0, 0.05) is 17.0 Å². The van der Waals surface area contributed by atoms with Crippen molar-refractivity contribution in [3.63, 3.8) is 0 Å². The molecule has 110 valence electrons. The van der Waals surface area contributed by atoms with Crippen molar-refractivity contribution in [2.45, 2.75) is 30.2 Å². The van der Waals surface area contributed by atoms with Crippen molar-refractivity contribution in [2.24, 2.45) is 0 Å². The Kier molecular flexibility index (Phi) is 4.51. The zero-order valence-corrected chi connectivity index (χ0v) is 13.4. The van der Waals surface area contributed by atoms with E-state index in [2.05, 4.69) is 41.9 Å². The van der Waals surface area contributed by atoms with Crippen LogP contribution in [0, 0.1) is 0 Å². The number of thioether (sulfide) groups is 1. The monoisotopic (exact) mass is 299 g/mol. The van der Waals surface area contributed by atoms with Crippen molar-refractivity contribution in [2.75, 3.05) is 13.3 Å². The van der Waals surface area contributed by atoms with E-state index in [1.54, 1.807) is 11.8 Å². The minimum absolute atomic E-state index is 0.774. The molecule has 0 aliphatic heterocycles. The van der Waals surface area contributed by atoms with Crippen molar-refractivity contribution in [3.8, 4) is 11.5 Å². The summed E-state index contributed by atoms with van der Waals surface area (Å²) < 4.78 is 6.07. The molecule has 1 saturated carbocycles. The lowest BCUT2D eigenvalue weighted by molar-refractivity contribution is 0.473. The summed E-state index contributed by atoms with van der Waals surface area (Å²) in [5, 5.41) is 3.23. The fraction of sp³-hybridized carbons (Fsp3) is 0.333. The standard InChI is InChI=1S/C18H21NOS/c1-19-12-15-11-14(13-3-4-13)5-10-18(15)20-16-6-8-17(21-2)9-7-16/h5-11,13,19H,3-4,12H2,1-2H3. The summed E-state index contributed by atoms with van der Waals surface area (Å²) in [5.41, 5.74) is 2.68. The topological polar surface area (TPSA) is 21.3 Å². The van der Waals surface area contributed by atoms with Gasteiger partial charge in [-0.15, -0.1) is 11.8 Å². The Hall–Kier alpha value is -1.45. The molecule has 2 aromatic carbocycles. The lowest BCUT2D eigenvalue weighted by Gasteiger charge is -2.13. The van der Waals surface area contributed by atoms with Gasteiger partial charge in [0.1, 0.15) is 11.5 Å². The van der Waals surface area contributed by atoms with Gasteiger partial charge in [-0.05, 0) is 68.0 Å². The van der Waals surface area contributed by atoms with Gasteiger partial charge in [0.15, 0.2) is 0 Å². The van der Waals surface area contributed by atoms with E-state index in [9.17, 15) is 0 Å². The number of benzene rings is 2. The molecule has 0 heterocycles. The molecule has 0 bridgehead atoms. The SMILES string of the molecule is CNCc1cc(C2CC2)ccc1Oc1ccc(SC)cc1. The minimum Gasteiger partial charge on any atom is -0.457 e. The average molecular weight is 299 g/mol. The highest BCUT2D eigenvalue weighted by Gasteiger charge is 2.24. The molecule has 0 radical (unpaired) electrons. The van der Waals surface area contributed by atoms with E-state index >= 15 is 0 Å². The molecular weight excluding hydrogens is 278 g/mol. The number of rotatable bonds is 6. The Labute approximate surface area is 130 Å². The Morgan fingerprint density at radius 2 is 1.90 bits per heavy atom. The zero-order chi connectivity index (χ0) is 14.7. The smallest absolute Gasteiger partial charge is 0.131 e. The molecule has 1 fully saturated rings. The van der Waals surface area contributed by atoms with Gasteiger partial charge in [-0.3, -0.25) is 0 Å². The van der Waals surface area contributed by atoms with E-state index in [1.165, 1.54) is 28.9 Å². The summed E-state index contributed by atoms with van der Waals surface area (Å²) in [6.45, 7) is 0.832. The molecule has 0 atom stereocenters. The van der Waals surface area contributed by atoms with Gasteiger partial charge in [-0.25, -0.2) is 0 Å². The Balaban J connectivity index is 1.82. The van der Waals surface area contributed by atoms with Crippen LogP contribution in [0.3, 0.4) is 0 Å². The Morgan fingerprint density at radius 3 is 2.52 bits per heavy atom. The van der Waals surface area contributed by atoms with Crippen LogP contribution in [0.25, 0.3) is 0 Å². The second kappa shape index (κ2) is 6.54. The van der Waals surface area contributed by atoms with Crippen LogP contribution < -0.4 is 10.1 Å². The maximum atomic E-state index is 6.07. The zero-order valence-electron chi connectivity index (χ0n) is 12.6. The maximum absolute atomic E-state index is 6.07. The van der Waals surface area contributed by atoms with Crippen molar-refractivity contribution < 1.29 is 4.74 Å². The molecule has 0 saturated heterocycles. The highest BCUT2D eigenvalue weighted by atomic mass is 32.2. The highest BCUT2D eigenvalue weighted by molar-refractivity contribution is 7.98. The Bertz CT molecular complexity index is 605. The molecular formula is C18H21NOS.